The highest BCUT2D eigenvalue weighted by molar-refractivity contribution is 7.10. The van der Waals surface area contributed by atoms with E-state index >= 15 is 0 Å². The molecule has 1 amide bonds. The van der Waals surface area contributed by atoms with Crippen LogP contribution in [0, 0.1) is 13.8 Å². The van der Waals surface area contributed by atoms with Crippen LogP contribution in [0.1, 0.15) is 39.7 Å². The van der Waals surface area contributed by atoms with E-state index < -0.39 is 0 Å². The summed E-state index contributed by atoms with van der Waals surface area (Å²) in [5, 5.41) is 10.5. The highest BCUT2D eigenvalue weighted by atomic mass is 32.1. The molecule has 4 aromatic rings. The van der Waals surface area contributed by atoms with Gasteiger partial charge in [0.15, 0.2) is 0 Å². The molecule has 1 atom stereocenters. The van der Waals surface area contributed by atoms with Gasteiger partial charge in [0.05, 0.1) is 34.4 Å². The van der Waals surface area contributed by atoms with Crippen LogP contribution < -0.4 is 5.32 Å². The molecule has 146 valence electrons. The summed E-state index contributed by atoms with van der Waals surface area (Å²) >= 11 is 1.53. The van der Waals surface area contributed by atoms with E-state index in [1.165, 1.54) is 11.3 Å². The summed E-state index contributed by atoms with van der Waals surface area (Å²) in [6, 6.07) is 13.5. The summed E-state index contributed by atoms with van der Waals surface area (Å²) in [6.07, 6.45) is 3.49. The van der Waals surface area contributed by atoms with E-state index in [2.05, 4.69) is 20.4 Å². The monoisotopic (exact) mass is 403 g/mol. The maximum Gasteiger partial charge on any atom is 0.255 e. The van der Waals surface area contributed by atoms with Crippen LogP contribution in [0.3, 0.4) is 0 Å². The molecule has 6 nitrogen and oxygen atoms in total. The maximum absolute atomic E-state index is 13.0. The zero-order valence-corrected chi connectivity index (χ0v) is 17.3. The molecule has 0 aliphatic rings. The molecule has 1 aromatic carbocycles. The maximum atomic E-state index is 13.0. The molecule has 0 aliphatic heterocycles. The van der Waals surface area contributed by atoms with Crippen LogP contribution in [-0.4, -0.2) is 25.7 Å². The topological polar surface area (TPSA) is 72.7 Å². The van der Waals surface area contributed by atoms with E-state index in [9.17, 15) is 4.79 Å². The smallest absolute Gasteiger partial charge is 0.255 e. The van der Waals surface area contributed by atoms with E-state index in [1.54, 1.807) is 17.1 Å². The van der Waals surface area contributed by atoms with Crippen LogP contribution >= 0.6 is 11.3 Å². The normalized spacial score (nSPS) is 12.0. The van der Waals surface area contributed by atoms with Gasteiger partial charge in [0, 0.05) is 23.3 Å². The number of carbonyl (C=O) groups is 1. The van der Waals surface area contributed by atoms with Crippen LogP contribution in [0.2, 0.25) is 0 Å². The van der Waals surface area contributed by atoms with Crippen molar-refractivity contribution in [3.05, 3.63) is 82.2 Å². The van der Waals surface area contributed by atoms with Crippen LogP contribution in [0.4, 0.5) is 0 Å². The number of aryl methyl sites for hydroxylation is 1. The van der Waals surface area contributed by atoms with Crippen LogP contribution in [0.15, 0.2) is 60.2 Å². The summed E-state index contributed by atoms with van der Waals surface area (Å²) in [4.78, 5) is 21.7. The molecule has 0 radical (unpaired) electrons. The number of amides is 1. The van der Waals surface area contributed by atoms with E-state index in [0.29, 0.717) is 11.3 Å². The quantitative estimate of drug-likeness (QED) is 0.533. The number of benzene rings is 1. The fourth-order valence-corrected chi connectivity index (χ4v) is 4.10. The second-order valence-electron chi connectivity index (χ2n) is 6.80. The van der Waals surface area contributed by atoms with E-state index in [-0.39, 0.29) is 11.9 Å². The number of aromatic nitrogens is 4. The molecule has 3 heterocycles. The van der Waals surface area contributed by atoms with Crippen molar-refractivity contribution in [2.45, 2.75) is 26.8 Å². The second kappa shape index (κ2) is 7.97. The minimum absolute atomic E-state index is 0.143. The van der Waals surface area contributed by atoms with Gasteiger partial charge in [-0.1, -0.05) is 18.2 Å². The molecule has 0 bridgehead atoms. The summed E-state index contributed by atoms with van der Waals surface area (Å²) in [7, 11) is 0. The molecule has 4 rings (SSSR count). The molecule has 29 heavy (non-hydrogen) atoms. The van der Waals surface area contributed by atoms with Gasteiger partial charge in [0.1, 0.15) is 5.01 Å². The number of hydrogen-bond donors (Lipinski definition) is 1. The Bertz CT molecular complexity index is 1130. The fraction of sp³-hybridized carbons (Fsp3) is 0.182. The Labute approximate surface area is 173 Å². The highest BCUT2D eigenvalue weighted by Gasteiger charge is 2.22. The Hall–Kier alpha value is -3.32. The number of carbonyl (C=O) groups excluding carboxylic acids is 1. The molecule has 1 N–H and O–H groups in total. The molecule has 3 aromatic heterocycles. The van der Waals surface area contributed by atoms with Gasteiger partial charge in [-0.05, 0) is 45.0 Å². The van der Waals surface area contributed by atoms with Crippen LogP contribution in [-0.2, 0) is 0 Å². The first-order chi connectivity index (χ1) is 14.0. The van der Waals surface area contributed by atoms with E-state index in [1.807, 2.05) is 68.6 Å². The van der Waals surface area contributed by atoms with Gasteiger partial charge in [0.25, 0.3) is 5.91 Å². The summed E-state index contributed by atoms with van der Waals surface area (Å²) in [6.45, 7) is 5.72. The molecule has 0 saturated carbocycles. The van der Waals surface area contributed by atoms with Crippen molar-refractivity contribution in [2.75, 3.05) is 0 Å². The lowest BCUT2D eigenvalue weighted by molar-refractivity contribution is 0.0938. The number of para-hydroxylation sites is 1. The van der Waals surface area contributed by atoms with Crippen LogP contribution in [0.25, 0.3) is 16.9 Å². The highest BCUT2D eigenvalue weighted by Crippen LogP contribution is 2.26. The number of pyridine rings is 1. The lowest BCUT2D eigenvalue weighted by atomic mass is 10.1. The largest absolute Gasteiger partial charge is 0.343 e. The third-order valence-electron chi connectivity index (χ3n) is 4.74. The van der Waals surface area contributed by atoms with Gasteiger partial charge < -0.3 is 5.32 Å². The van der Waals surface area contributed by atoms with Gasteiger partial charge in [0.2, 0.25) is 0 Å². The zero-order chi connectivity index (χ0) is 20.4. The average molecular weight is 404 g/mol. The number of hydrogen-bond acceptors (Lipinski definition) is 5. The van der Waals surface area contributed by atoms with E-state index in [0.717, 1.165) is 27.6 Å². The minimum atomic E-state index is -0.207. The predicted octanol–water partition coefficient (Wildman–Crippen LogP) is 4.50. The SMILES string of the molecule is Cc1nn(-c2ccccc2)c(C)c1C(=O)NC(C)c1nc(-c2ccncc2)cs1. The average Bonchev–Trinajstić information content (AvgIpc) is 3.34. The van der Waals surface area contributed by atoms with Crippen molar-refractivity contribution in [3.8, 4) is 16.9 Å². The van der Waals surface area contributed by atoms with Gasteiger partial charge in [-0.2, -0.15) is 5.10 Å². The van der Waals surface area contributed by atoms with Crippen molar-refractivity contribution in [1.82, 2.24) is 25.1 Å². The van der Waals surface area contributed by atoms with E-state index in [4.69, 9.17) is 0 Å². The zero-order valence-electron chi connectivity index (χ0n) is 16.5. The van der Waals surface area contributed by atoms with Crippen molar-refractivity contribution in [3.63, 3.8) is 0 Å². The Morgan fingerprint density at radius 3 is 2.55 bits per heavy atom. The van der Waals surface area contributed by atoms with Gasteiger partial charge in [-0.3, -0.25) is 9.78 Å². The Morgan fingerprint density at radius 2 is 1.83 bits per heavy atom. The molecule has 7 heteroatoms. The van der Waals surface area contributed by atoms with Crippen molar-refractivity contribution in [1.29, 1.82) is 0 Å². The Kier molecular flexibility index (Phi) is 5.22. The third-order valence-corrected chi connectivity index (χ3v) is 5.76. The lowest BCUT2D eigenvalue weighted by Crippen LogP contribution is -2.27. The predicted molar refractivity (Wildman–Crippen MR) is 114 cm³/mol. The molecule has 1 unspecified atom stereocenters. The fourth-order valence-electron chi connectivity index (χ4n) is 3.26. The number of nitrogens with zero attached hydrogens (tertiary/aromatic N) is 4. The Balaban J connectivity index is 1.54. The summed E-state index contributed by atoms with van der Waals surface area (Å²) in [5.74, 6) is -0.143. The third kappa shape index (κ3) is 3.82. The Morgan fingerprint density at radius 1 is 1.10 bits per heavy atom. The molecule has 0 aliphatic carbocycles. The van der Waals surface area contributed by atoms with Crippen molar-refractivity contribution in [2.24, 2.45) is 0 Å². The second-order valence-corrected chi connectivity index (χ2v) is 7.68. The molecular weight excluding hydrogens is 382 g/mol. The molecule has 0 fully saturated rings. The van der Waals surface area contributed by atoms with Gasteiger partial charge >= 0.3 is 0 Å². The van der Waals surface area contributed by atoms with Crippen molar-refractivity contribution >= 4 is 17.2 Å². The first-order valence-corrected chi connectivity index (χ1v) is 10.2. The van der Waals surface area contributed by atoms with Gasteiger partial charge in [-0.25, -0.2) is 9.67 Å². The van der Waals surface area contributed by atoms with Crippen molar-refractivity contribution < 1.29 is 4.79 Å². The summed E-state index contributed by atoms with van der Waals surface area (Å²) in [5.41, 5.74) is 4.95. The standard InChI is InChI=1S/C22H21N5OS/c1-14-20(16(3)27(26-14)18-7-5-4-6-8-18)21(28)24-15(2)22-25-19(13-29-22)17-9-11-23-12-10-17/h4-13,15H,1-3H3,(H,24,28). The first kappa shape index (κ1) is 19.0. The summed E-state index contributed by atoms with van der Waals surface area (Å²) < 4.78 is 1.81. The first-order valence-electron chi connectivity index (χ1n) is 9.33. The molecular formula is C22H21N5OS. The number of nitrogens with one attached hydrogen (secondary N) is 1. The minimum Gasteiger partial charge on any atom is -0.343 e. The van der Waals surface area contributed by atoms with Gasteiger partial charge in [-0.15, -0.1) is 11.3 Å². The molecule has 0 spiro atoms. The van der Waals surface area contributed by atoms with Crippen LogP contribution in [0.5, 0.6) is 0 Å². The molecule has 0 saturated heterocycles. The lowest BCUT2D eigenvalue weighted by Gasteiger charge is -2.12. The number of thiazole rings is 1. The number of rotatable bonds is 5.